The molecule has 118 valence electrons. The third-order valence-corrected chi connectivity index (χ3v) is 3.47. The minimum absolute atomic E-state index is 0.592. The molecule has 0 aliphatic carbocycles. The summed E-state index contributed by atoms with van der Waals surface area (Å²) in [4.78, 5) is 8.84. The Kier molecular flexibility index (Phi) is 5.52. The van der Waals surface area contributed by atoms with Gasteiger partial charge in [-0.1, -0.05) is 23.8 Å². The fourth-order valence-electron chi connectivity index (χ4n) is 2.17. The van der Waals surface area contributed by atoms with Gasteiger partial charge in [-0.05, 0) is 31.9 Å². The monoisotopic (exact) mass is 300 g/mol. The van der Waals surface area contributed by atoms with E-state index >= 15 is 0 Å². The van der Waals surface area contributed by atoms with E-state index < -0.39 is 0 Å². The Hall–Kier alpha value is -2.37. The van der Waals surface area contributed by atoms with Crippen LogP contribution in [0.1, 0.15) is 29.4 Å². The van der Waals surface area contributed by atoms with E-state index in [1.54, 1.807) is 11.0 Å². The first-order chi connectivity index (χ1) is 10.6. The molecule has 0 atom stereocenters. The molecule has 2 rings (SSSR count). The summed E-state index contributed by atoms with van der Waals surface area (Å²) in [5, 5.41) is 10.6. The number of hydrogen-bond acceptors (Lipinski definition) is 3. The van der Waals surface area contributed by atoms with Gasteiger partial charge in [0.25, 0.3) is 0 Å². The molecule has 0 bridgehead atoms. The van der Waals surface area contributed by atoms with E-state index in [4.69, 9.17) is 0 Å². The van der Waals surface area contributed by atoms with Crippen molar-refractivity contribution in [2.24, 2.45) is 12.0 Å². The summed E-state index contributed by atoms with van der Waals surface area (Å²) in [5.74, 6) is 1.66. The first-order valence-corrected chi connectivity index (χ1v) is 7.51. The van der Waals surface area contributed by atoms with Crippen LogP contribution in [0, 0.1) is 13.8 Å². The fourth-order valence-corrected chi connectivity index (χ4v) is 2.17. The van der Waals surface area contributed by atoms with Crippen molar-refractivity contribution in [3.63, 3.8) is 0 Å². The van der Waals surface area contributed by atoms with Crippen molar-refractivity contribution in [2.45, 2.75) is 33.9 Å². The number of rotatable bonds is 5. The molecule has 2 N–H and O–H groups in total. The van der Waals surface area contributed by atoms with Gasteiger partial charge in [0.15, 0.2) is 5.96 Å². The quantitative estimate of drug-likeness (QED) is 0.651. The Morgan fingerprint density at radius 1 is 1.27 bits per heavy atom. The average molecular weight is 300 g/mol. The Morgan fingerprint density at radius 2 is 2.09 bits per heavy atom. The molecule has 0 aliphatic heterocycles. The van der Waals surface area contributed by atoms with Gasteiger partial charge < -0.3 is 10.6 Å². The summed E-state index contributed by atoms with van der Waals surface area (Å²) in [6.45, 7) is 8.34. The summed E-state index contributed by atoms with van der Waals surface area (Å²) in [6.07, 6.45) is 1.55. The molecule has 0 saturated heterocycles. The third kappa shape index (κ3) is 4.31. The van der Waals surface area contributed by atoms with Crippen LogP contribution >= 0.6 is 0 Å². The number of aryl methyl sites for hydroxylation is 3. The van der Waals surface area contributed by atoms with E-state index in [-0.39, 0.29) is 0 Å². The molecule has 2 aromatic rings. The van der Waals surface area contributed by atoms with Gasteiger partial charge in [-0.2, -0.15) is 5.10 Å². The number of nitrogens with one attached hydrogen (secondary N) is 2. The highest BCUT2D eigenvalue weighted by Gasteiger charge is 2.03. The topological polar surface area (TPSA) is 67.1 Å². The first kappa shape index (κ1) is 16.0. The van der Waals surface area contributed by atoms with Gasteiger partial charge >= 0.3 is 0 Å². The van der Waals surface area contributed by atoms with Gasteiger partial charge in [-0.15, -0.1) is 0 Å². The zero-order valence-corrected chi connectivity index (χ0v) is 13.7. The van der Waals surface area contributed by atoms with Gasteiger partial charge in [0, 0.05) is 13.6 Å². The molecule has 1 aromatic carbocycles. The van der Waals surface area contributed by atoms with Gasteiger partial charge in [0.2, 0.25) is 0 Å². The zero-order valence-electron chi connectivity index (χ0n) is 13.7. The zero-order chi connectivity index (χ0) is 15.9. The smallest absolute Gasteiger partial charge is 0.191 e. The van der Waals surface area contributed by atoms with Crippen LogP contribution in [0.3, 0.4) is 0 Å². The number of aliphatic imine (C=N–C) groups is 1. The van der Waals surface area contributed by atoms with Crippen molar-refractivity contribution in [1.82, 2.24) is 25.4 Å². The molecule has 22 heavy (non-hydrogen) atoms. The number of hydrogen-bond donors (Lipinski definition) is 2. The maximum Gasteiger partial charge on any atom is 0.191 e. The number of nitrogens with zero attached hydrogens (tertiary/aromatic N) is 4. The van der Waals surface area contributed by atoms with E-state index in [1.807, 2.05) is 7.05 Å². The Balaban J connectivity index is 2.01. The highest BCUT2D eigenvalue weighted by Crippen LogP contribution is 2.11. The summed E-state index contributed by atoms with van der Waals surface area (Å²) in [5.41, 5.74) is 3.78. The molecule has 1 aromatic heterocycles. The average Bonchev–Trinajstić information content (AvgIpc) is 2.89. The normalized spacial score (nSPS) is 11.5. The second-order valence-corrected chi connectivity index (χ2v) is 5.28. The molecule has 0 radical (unpaired) electrons. The summed E-state index contributed by atoms with van der Waals surface area (Å²) in [7, 11) is 1.88. The number of aromatic nitrogens is 3. The van der Waals surface area contributed by atoms with Crippen LogP contribution in [-0.2, 0) is 20.1 Å². The van der Waals surface area contributed by atoms with Crippen LogP contribution < -0.4 is 10.6 Å². The lowest BCUT2D eigenvalue weighted by atomic mass is 10.1. The maximum absolute atomic E-state index is 4.64. The van der Waals surface area contributed by atoms with Gasteiger partial charge in [0.1, 0.15) is 12.2 Å². The molecule has 6 heteroatoms. The molecule has 0 spiro atoms. The molecule has 0 aliphatic rings. The predicted molar refractivity (Wildman–Crippen MR) is 88.6 cm³/mol. The maximum atomic E-state index is 4.64. The van der Waals surface area contributed by atoms with Crippen LogP contribution in [0.4, 0.5) is 0 Å². The first-order valence-electron chi connectivity index (χ1n) is 7.51. The second-order valence-electron chi connectivity index (χ2n) is 5.28. The second kappa shape index (κ2) is 7.59. The number of guanidine groups is 1. The Labute approximate surface area is 131 Å². The SMILES string of the molecule is CCNC(=NCc1ccc(C)cc1C)NCc1ncnn1C. The van der Waals surface area contributed by atoms with Crippen LogP contribution in [0.5, 0.6) is 0 Å². The van der Waals surface area contributed by atoms with Crippen LogP contribution in [0.2, 0.25) is 0 Å². The molecule has 0 saturated carbocycles. The Morgan fingerprint density at radius 3 is 2.73 bits per heavy atom. The fraction of sp³-hybridized carbons (Fsp3) is 0.438. The van der Waals surface area contributed by atoms with Crippen molar-refractivity contribution in [2.75, 3.05) is 6.54 Å². The summed E-state index contributed by atoms with van der Waals surface area (Å²) in [6, 6.07) is 6.45. The number of benzene rings is 1. The van der Waals surface area contributed by atoms with E-state index in [9.17, 15) is 0 Å². The van der Waals surface area contributed by atoms with E-state index in [0.717, 1.165) is 18.3 Å². The highest BCUT2D eigenvalue weighted by molar-refractivity contribution is 5.79. The van der Waals surface area contributed by atoms with Crippen molar-refractivity contribution in [3.8, 4) is 0 Å². The lowest BCUT2D eigenvalue weighted by Crippen LogP contribution is -2.37. The Bertz CT molecular complexity index is 644. The highest BCUT2D eigenvalue weighted by atomic mass is 15.3. The van der Waals surface area contributed by atoms with Crippen LogP contribution in [-0.4, -0.2) is 27.3 Å². The van der Waals surface area contributed by atoms with E-state index in [1.165, 1.54) is 16.7 Å². The molecular formula is C16H24N6. The van der Waals surface area contributed by atoms with Gasteiger partial charge in [0.05, 0.1) is 13.1 Å². The largest absolute Gasteiger partial charge is 0.357 e. The lowest BCUT2D eigenvalue weighted by molar-refractivity contribution is 0.673. The van der Waals surface area contributed by atoms with E-state index in [2.05, 4.69) is 64.7 Å². The summed E-state index contributed by atoms with van der Waals surface area (Å²) < 4.78 is 1.75. The molecule has 0 fully saturated rings. The molecule has 6 nitrogen and oxygen atoms in total. The minimum Gasteiger partial charge on any atom is -0.357 e. The standard InChI is InChI=1S/C16H24N6/c1-5-17-16(19-10-15-20-11-21-22(15)4)18-9-14-7-6-12(2)8-13(14)3/h6-8,11H,5,9-10H2,1-4H3,(H2,17,18,19). The molecule has 1 heterocycles. The third-order valence-electron chi connectivity index (χ3n) is 3.47. The van der Waals surface area contributed by atoms with Crippen molar-refractivity contribution >= 4 is 5.96 Å². The van der Waals surface area contributed by atoms with Gasteiger partial charge in [-0.25, -0.2) is 9.98 Å². The summed E-state index contributed by atoms with van der Waals surface area (Å²) >= 11 is 0. The van der Waals surface area contributed by atoms with Crippen LogP contribution in [0.15, 0.2) is 29.5 Å². The lowest BCUT2D eigenvalue weighted by Gasteiger charge is -2.11. The van der Waals surface area contributed by atoms with Crippen molar-refractivity contribution in [3.05, 3.63) is 47.0 Å². The molecule has 0 unspecified atom stereocenters. The van der Waals surface area contributed by atoms with Crippen LogP contribution in [0.25, 0.3) is 0 Å². The molecule has 0 amide bonds. The van der Waals surface area contributed by atoms with Crippen molar-refractivity contribution < 1.29 is 0 Å². The van der Waals surface area contributed by atoms with E-state index in [0.29, 0.717) is 13.1 Å². The van der Waals surface area contributed by atoms with Gasteiger partial charge in [-0.3, -0.25) is 4.68 Å². The predicted octanol–water partition coefficient (Wildman–Crippen LogP) is 1.69. The van der Waals surface area contributed by atoms with Crippen molar-refractivity contribution in [1.29, 1.82) is 0 Å². The molecular weight excluding hydrogens is 276 g/mol. The minimum atomic E-state index is 0.592.